The van der Waals surface area contributed by atoms with Crippen LogP contribution in [0.1, 0.15) is 60.8 Å². The highest BCUT2D eigenvalue weighted by molar-refractivity contribution is 6.00. The quantitative estimate of drug-likeness (QED) is 0.242. The van der Waals surface area contributed by atoms with Crippen LogP contribution in [-0.4, -0.2) is 28.3 Å². The zero-order valence-electron chi connectivity index (χ0n) is 18.4. The standard InChI is InChI=1S/C24H22F2N2O6/c1-13(29)33-18-8-3-2-7-16(18)17(30)12-32-23-20-15(6-4-5-14-9-10-14)11-19(31)34-24(20)28-22(27-23)21(25)26/h2-3,7-8,11,14,21H,4-6,9-10,12H2,1H3. The van der Waals surface area contributed by atoms with E-state index < -0.39 is 36.2 Å². The molecule has 10 heteroatoms. The zero-order chi connectivity index (χ0) is 24.2. The molecule has 0 N–H and O–H groups in total. The predicted octanol–water partition coefficient (Wildman–Crippen LogP) is 4.44. The Kier molecular flexibility index (Phi) is 6.95. The minimum absolute atomic E-state index is 0.0520. The highest BCUT2D eigenvalue weighted by Gasteiger charge is 2.24. The van der Waals surface area contributed by atoms with Crippen LogP contribution in [0.2, 0.25) is 0 Å². The number of hydrogen-bond acceptors (Lipinski definition) is 8. The van der Waals surface area contributed by atoms with Crippen molar-refractivity contribution in [2.45, 2.75) is 45.5 Å². The maximum absolute atomic E-state index is 13.4. The Morgan fingerprint density at radius 3 is 2.68 bits per heavy atom. The molecule has 1 fully saturated rings. The molecule has 1 aromatic carbocycles. The molecule has 0 amide bonds. The maximum atomic E-state index is 13.4. The van der Waals surface area contributed by atoms with E-state index in [0.29, 0.717) is 17.9 Å². The van der Waals surface area contributed by atoms with Gasteiger partial charge >= 0.3 is 11.6 Å². The molecule has 4 rings (SSSR count). The first-order valence-electron chi connectivity index (χ1n) is 10.9. The van der Waals surface area contributed by atoms with Crippen molar-refractivity contribution in [3.05, 3.63) is 57.7 Å². The lowest BCUT2D eigenvalue weighted by atomic mass is 10.0. The molecule has 8 nitrogen and oxygen atoms in total. The van der Waals surface area contributed by atoms with Gasteiger partial charge in [0.2, 0.25) is 23.2 Å². The van der Waals surface area contributed by atoms with E-state index in [4.69, 9.17) is 13.9 Å². The second-order valence-corrected chi connectivity index (χ2v) is 8.10. The number of nitrogens with zero attached hydrogens (tertiary/aromatic N) is 2. The summed E-state index contributed by atoms with van der Waals surface area (Å²) in [5.41, 5.74) is -0.441. The van der Waals surface area contributed by atoms with Crippen molar-refractivity contribution >= 4 is 22.9 Å². The highest BCUT2D eigenvalue weighted by atomic mass is 19.3. The molecule has 1 saturated carbocycles. The summed E-state index contributed by atoms with van der Waals surface area (Å²) in [6, 6.07) is 7.36. The molecule has 0 radical (unpaired) electrons. The van der Waals surface area contributed by atoms with Gasteiger partial charge in [-0.25, -0.2) is 13.6 Å². The van der Waals surface area contributed by atoms with E-state index in [1.165, 1.54) is 38.0 Å². The third kappa shape index (κ3) is 5.62. The van der Waals surface area contributed by atoms with E-state index >= 15 is 0 Å². The molecule has 0 unspecified atom stereocenters. The van der Waals surface area contributed by atoms with Crippen LogP contribution in [0.25, 0.3) is 11.1 Å². The van der Waals surface area contributed by atoms with Crippen molar-refractivity contribution in [2.75, 3.05) is 6.61 Å². The summed E-state index contributed by atoms with van der Waals surface area (Å²) in [7, 11) is 0. The number of aromatic nitrogens is 2. The van der Waals surface area contributed by atoms with Gasteiger partial charge in [0.05, 0.1) is 5.56 Å². The predicted molar refractivity (Wildman–Crippen MR) is 116 cm³/mol. The van der Waals surface area contributed by atoms with Crippen molar-refractivity contribution in [2.24, 2.45) is 5.92 Å². The number of hydrogen-bond donors (Lipinski definition) is 0. The van der Waals surface area contributed by atoms with Crippen molar-refractivity contribution < 1.29 is 32.3 Å². The molecule has 0 spiro atoms. The molecule has 2 heterocycles. The number of alkyl halides is 2. The topological polar surface area (TPSA) is 109 Å². The second-order valence-electron chi connectivity index (χ2n) is 8.10. The van der Waals surface area contributed by atoms with E-state index in [9.17, 15) is 23.2 Å². The van der Waals surface area contributed by atoms with Crippen LogP contribution in [-0.2, 0) is 11.2 Å². The molecule has 178 valence electrons. The van der Waals surface area contributed by atoms with E-state index in [0.717, 1.165) is 12.8 Å². The number of rotatable bonds is 10. The lowest BCUT2D eigenvalue weighted by molar-refractivity contribution is -0.131. The minimum atomic E-state index is -3.05. The molecule has 0 bridgehead atoms. The Hall–Kier alpha value is -3.69. The number of Topliss-reactive ketones (excluding diaryl/α,β-unsaturated/α-hetero) is 1. The number of para-hydroxylation sites is 1. The van der Waals surface area contributed by atoms with Crippen LogP contribution in [0.4, 0.5) is 8.78 Å². The van der Waals surface area contributed by atoms with E-state index in [1.54, 1.807) is 12.1 Å². The van der Waals surface area contributed by atoms with Gasteiger partial charge in [-0.1, -0.05) is 31.4 Å². The van der Waals surface area contributed by atoms with Gasteiger partial charge in [0.1, 0.15) is 11.1 Å². The van der Waals surface area contributed by atoms with Gasteiger partial charge in [-0.3, -0.25) is 9.59 Å². The fourth-order valence-electron chi connectivity index (χ4n) is 3.66. The fourth-order valence-corrected chi connectivity index (χ4v) is 3.66. The Morgan fingerprint density at radius 2 is 1.97 bits per heavy atom. The van der Waals surface area contributed by atoms with Crippen LogP contribution in [0.3, 0.4) is 0 Å². The average molecular weight is 472 g/mol. The maximum Gasteiger partial charge on any atom is 0.337 e. The average Bonchev–Trinajstić information content (AvgIpc) is 3.61. The largest absolute Gasteiger partial charge is 0.469 e. The van der Waals surface area contributed by atoms with E-state index in [-0.39, 0.29) is 28.3 Å². The molecule has 0 aliphatic heterocycles. The minimum Gasteiger partial charge on any atom is -0.469 e. The molecule has 1 aliphatic rings. The van der Waals surface area contributed by atoms with Crippen molar-refractivity contribution in [3.8, 4) is 11.6 Å². The normalized spacial score (nSPS) is 13.3. The summed E-state index contributed by atoms with van der Waals surface area (Å²) in [6.45, 7) is 0.628. The van der Waals surface area contributed by atoms with Crippen molar-refractivity contribution in [3.63, 3.8) is 0 Å². The number of fused-ring (bicyclic) bond motifs is 1. The SMILES string of the molecule is CC(=O)Oc1ccccc1C(=O)COc1nc(C(F)F)nc2oc(=O)cc(CCCC3CC3)c12. The number of ether oxygens (including phenoxy) is 2. The fraction of sp³-hybridized carbons (Fsp3) is 0.375. The molecule has 1 aliphatic carbocycles. The summed E-state index contributed by atoms with van der Waals surface area (Å²) >= 11 is 0. The van der Waals surface area contributed by atoms with E-state index in [1.807, 2.05) is 0 Å². The molecule has 2 aromatic heterocycles. The number of aryl methyl sites for hydroxylation is 1. The Balaban J connectivity index is 1.65. The van der Waals surface area contributed by atoms with Crippen LogP contribution < -0.4 is 15.1 Å². The van der Waals surface area contributed by atoms with Gasteiger partial charge in [0.25, 0.3) is 6.43 Å². The summed E-state index contributed by atoms with van der Waals surface area (Å²) < 4.78 is 42.5. The number of carbonyl (C=O) groups is 2. The number of carbonyl (C=O) groups excluding carboxylic acids is 2. The smallest absolute Gasteiger partial charge is 0.337 e. The van der Waals surface area contributed by atoms with Gasteiger partial charge in [-0.05, 0) is 36.5 Å². The first-order valence-corrected chi connectivity index (χ1v) is 10.9. The second kappa shape index (κ2) is 10.1. The van der Waals surface area contributed by atoms with Crippen LogP contribution in [0, 0.1) is 5.92 Å². The van der Waals surface area contributed by atoms with Crippen molar-refractivity contribution in [1.82, 2.24) is 9.97 Å². The molecule has 34 heavy (non-hydrogen) atoms. The summed E-state index contributed by atoms with van der Waals surface area (Å²) in [4.78, 5) is 43.6. The Bertz CT molecular complexity index is 1290. The molecule has 0 saturated heterocycles. The number of ketones is 1. The van der Waals surface area contributed by atoms with E-state index in [2.05, 4.69) is 9.97 Å². The van der Waals surface area contributed by atoms with Crippen LogP contribution in [0.5, 0.6) is 11.6 Å². The van der Waals surface area contributed by atoms with Gasteiger partial charge < -0.3 is 13.9 Å². The number of benzene rings is 1. The summed E-state index contributed by atoms with van der Waals surface area (Å²) in [6.07, 6.45) is 1.58. The molecule has 0 atom stereocenters. The molecule has 3 aromatic rings. The lowest BCUT2D eigenvalue weighted by Gasteiger charge is -2.13. The van der Waals surface area contributed by atoms with Gasteiger partial charge in [0, 0.05) is 13.0 Å². The van der Waals surface area contributed by atoms with Crippen LogP contribution >= 0.6 is 0 Å². The third-order valence-corrected chi connectivity index (χ3v) is 5.40. The van der Waals surface area contributed by atoms with Gasteiger partial charge in [-0.15, -0.1) is 0 Å². The number of esters is 1. The summed E-state index contributed by atoms with van der Waals surface area (Å²) in [5, 5.41) is 0.181. The molecular formula is C24H22F2N2O6. The first-order chi connectivity index (χ1) is 16.3. The molecular weight excluding hydrogens is 450 g/mol. The lowest BCUT2D eigenvalue weighted by Crippen LogP contribution is -2.16. The summed E-state index contributed by atoms with van der Waals surface area (Å²) in [5.74, 6) is -1.59. The first kappa shape index (κ1) is 23.5. The highest BCUT2D eigenvalue weighted by Crippen LogP contribution is 2.35. The van der Waals surface area contributed by atoms with Crippen LogP contribution in [0.15, 0.2) is 39.5 Å². The Labute approximate surface area is 192 Å². The van der Waals surface area contributed by atoms with Gasteiger partial charge in [-0.2, -0.15) is 9.97 Å². The Morgan fingerprint density at radius 1 is 1.21 bits per heavy atom. The monoisotopic (exact) mass is 472 g/mol. The van der Waals surface area contributed by atoms with Crippen molar-refractivity contribution in [1.29, 1.82) is 0 Å². The third-order valence-electron chi connectivity index (χ3n) is 5.40. The zero-order valence-corrected chi connectivity index (χ0v) is 18.4. The van der Waals surface area contributed by atoms with Gasteiger partial charge in [0.15, 0.2) is 6.61 Å². The number of halogens is 2.